The van der Waals surface area contributed by atoms with E-state index in [1.165, 1.54) is 0 Å². The fourth-order valence-corrected chi connectivity index (χ4v) is 3.94. The summed E-state index contributed by atoms with van der Waals surface area (Å²) in [5.74, 6) is -0.111. The van der Waals surface area contributed by atoms with Crippen LogP contribution < -0.4 is 10.1 Å². The van der Waals surface area contributed by atoms with Gasteiger partial charge in [-0.2, -0.15) is 10.3 Å². The SMILES string of the molecule is CC(C)(C)ONC(=O)[N+](C=O)(OCC1c2ccccc2-c2ccccc21)c1ccccc1. The molecule has 1 atom stereocenters. The minimum absolute atomic E-state index is 0.111. The monoisotopic (exact) mass is 431 g/mol. The Labute approximate surface area is 187 Å². The zero-order valence-electron chi connectivity index (χ0n) is 18.4. The molecule has 3 aromatic rings. The zero-order valence-corrected chi connectivity index (χ0v) is 18.4. The van der Waals surface area contributed by atoms with Gasteiger partial charge in [-0.15, -0.1) is 0 Å². The number of carbonyl (C=O) groups excluding carboxylic acids is 2. The van der Waals surface area contributed by atoms with Crippen LogP contribution in [-0.2, 0) is 14.5 Å². The van der Waals surface area contributed by atoms with Gasteiger partial charge in [-0.3, -0.25) is 4.84 Å². The maximum absolute atomic E-state index is 13.2. The summed E-state index contributed by atoms with van der Waals surface area (Å²) in [5.41, 5.74) is 6.66. The van der Waals surface area contributed by atoms with Crippen molar-refractivity contribution in [2.75, 3.05) is 6.61 Å². The number of rotatable bonds is 6. The van der Waals surface area contributed by atoms with Crippen molar-refractivity contribution < 1.29 is 19.3 Å². The predicted octanol–water partition coefficient (Wildman–Crippen LogP) is 5.33. The molecular weight excluding hydrogens is 404 g/mol. The van der Waals surface area contributed by atoms with E-state index >= 15 is 0 Å². The molecule has 1 aliphatic rings. The summed E-state index contributed by atoms with van der Waals surface area (Å²) in [6, 6.07) is 24.2. The van der Waals surface area contributed by atoms with Crippen LogP contribution >= 0.6 is 0 Å². The molecule has 164 valence electrons. The molecule has 6 heteroatoms. The standard InChI is InChI=1S/C26H26N2O4/c1-26(2,3)32-27-25(30)28(18-29,19-11-5-4-6-12-19)31-17-24-22-15-9-7-13-20(22)21-14-8-10-16-23(21)24/h4-16,18,24H,17H2,1-3H3/p+1. The number of hydrogen-bond donors (Lipinski definition) is 1. The minimum atomic E-state index is -0.988. The summed E-state index contributed by atoms with van der Waals surface area (Å²) in [6.07, 6.45) is 0.490. The molecule has 0 aromatic heterocycles. The fourth-order valence-electron chi connectivity index (χ4n) is 3.94. The maximum atomic E-state index is 13.2. The molecule has 0 fully saturated rings. The van der Waals surface area contributed by atoms with Crippen molar-refractivity contribution in [3.8, 4) is 11.1 Å². The van der Waals surface area contributed by atoms with E-state index in [4.69, 9.17) is 9.68 Å². The van der Waals surface area contributed by atoms with Gasteiger partial charge in [0.2, 0.25) is 0 Å². The largest absolute Gasteiger partial charge is 0.485 e. The summed E-state index contributed by atoms with van der Waals surface area (Å²) in [4.78, 5) is 37.3. The highest BCUT2D eigenvalue weighted by Crippen LogP contribution is 2.45. The molecule has 1 N–H and O–H groups in total. The van der Waals surface area contributed by atoms with E-state index in [0.717, 1.165) is 22.3 Å². The second-order valence-electron chi connectivity index (χ2n) is 8.74. The number of nitrogens with one attached hydrogen (secondary N) is 1. The summed E-state index contributed by atoms with van der Waals surface area (Å²) in [7, 11) is 0. The lowest BCUT2D eigenvalue weighted by Crippen LogP contribution is -2.59. The van der Waals surface area contributed by atoms with Gasteiger partial charge in [0, 0.05) is 18.1 Å². The highest BCUT2D eigenvalue weighted by molar-refractivity contribution is 5.97. The number of nitrogens with zero attached hydrogens (tertiary/aromatic N) is 1. The number of benzene rings is 3. The second kappa shape index (κ2) is 8.67. The molecule has 1 unspecified atom stereocenters. The van der Waals surface area contributed by atoms with Gasteiger partial charge in [-0.25, -0.2) is 9.59 Å². The Hall–Kier alpha value is -3.32. The summed E-state index contributed by atoms with van der Waals surface area (Å²) in [5, 5.41) is 0. The third kappa shape index (κ3) is 4.08. The second-order valence-corrected chi connectivity index (χ2v) is 8.74. The highest BCUT2D eigenvalue weighted by atomic mass is 16.8. The van der Waals surface area contributed by atoms with Crippen LogP contribution in [0.3, 0.4) is 0 Å². The number of quaternary nitrogens is 1. The van der Waals surface area contributed by atoms with E-state index < -0.39 is 16.3 Å². The Morgan fingerprint density at radius 1 is 0.906 bits per heavy atom. The summed E-state index contributed by atoms with van der Waals surface area (Å²) in [6.45, 7) is 5.54. The zero-order chi connectivity index (χ0) is 22.8. The van der Waals surface area contributed by atoms with E-state index in [0.29, 0.717) is 12.1 Å². The Bertz CT molecular complexity index is 1080. The molecule has 32 heavy (non-hydrogen) atoms. The molecule has 4 rings (SSSR count). The summed E-state index contributed by atoms with van der Waals surface area (Å²) < 4.78 is -0.988. The lowest BCUT2D eigenvalue weighted by atomic mass is 9.98. The maximum Gasteiger partial charge on any atom is 0.485 e. The van der Waals surface area contributed by atoms with Crippen molar-refractivity contribution >= 4 is 18.1 Å². The number of fused-ring (bicyclic) bond motifs is 3. The highest BCUT2D eigenvalue weighted by Gasteiger charge is 2.45. The predicted molar refractivity (Wildman–Crippen MR) is 123 cm³/mol. The first-order valence-corrected chi connectivity index (χ1v) is 10.6. The minimum Gasteiger partial charge on any atom is -0.263 e. The number of carbonyl (C=O) groups is 2. The van der Waals surface area contributed by atoms with Crippen molar-refractivity contribution in [1.29, 1.82) is 0 Å². The molecule has 3 aromatic carbocycles. The van der Waals surface area contributed by atoms with Gasteiger partial charge in [-0.1, -0.05) is 66.7 Å². The summed E-state index contributed by atoms with van der Waals surface area (Å²) >= 11 is 0. The average Bonchev–Trinajstić information content (AvgIpc) is 3.12. The van der Waals surface area contributed by atoms with E-state index in [1.54, 1.807) is 45.0 Å². The van der Waals surface area contributed by atoms with E-state index in [9.17, 15) is 9.59 Å². The van der Waals surface area contributed by atoms with Crippen LogP contribution in [0.4, 0.5) is 10.5 Å². The van der Waals surface area contributed by atoms with E-state index in [2.05, 4.69) is 29.7 Å². The normalized spacial score (nSPS) is 14.8. The number of hydrogen-bond acceptors (Lipinski definition) is 4. The number of imide groups is 1. The number of hydroxylamine groups is 3. The van der Waals surface area contributed by atoms with Crippen LogP contribution in [-0.4, -0.2) is 24.6 Å². The van der Waals surface area contributed by atoms with Crippen LogP contribution in [0.15, 0.2) is 78.9 Å². The Morgan fingerprint density at radius 3 is 1.97 bits per heavy atom. The third-order valence-electron chi connectivity index (χ3n) is 5.44. The third-order valence-corrected chi connectivity index (χ3v) is 5.44. The molecule has 1 aliphatic carbocycles. The average molecular weight is 432 g/mol. The van der Waals surface area contributed by atoms with Crippen LogP contribution in [0.2, 0.25) is 0 Å². The Morgan fingerprint density at radius 2 is 1.44 bits per heavy atom. The molecular formula is C26H27N2O4+. The number of para-hydroxylation sites is 1. The van der Waals surface area contributed by atoms with Gasteiger partial charge in [0.1, 0.15) is 6.61 Å². The van der Waals surface area contributed by atoms with Gasteiger partial charge in [-0.05, 0) is 47.7 Å². The molecule has 0 bridgehead atoms. The van der Waals surface area contributed by atoms with Crippen molar-refractivity contribution in [1.82, 2.24) is 10.1 Å². The van der Waals surface area contributed by atoms with E-state index in [1.807, 2.05) is 30.3 Å². The van der Waals surface area contributed by atoms with Gasteiger partial charge in [0.15, 0.2) is 5.69 Å². The van der Waals surface area contributed by atoms with Crippen molar-refractivity contribution in [3.63, 3.8) is 0 Å². The van der Waals surface area contributed by atoms with E-state index in [-0.39, 0.29) is 12.5 Å². The molecule has 0 radical (unpaired) electrons. The molecule has 0 saturated heterocycles. The van der Waals surface area contributed by atoms with Crippen molar-refractivity contribution in [2.45, 2.75) is 32.3 Å². The first kappa shape index (κ1) is 21.9. The van der Waals surface area contributed by atoms with Crippen LogP contribution in [0.5, 0.6) is 0 Å². The van der Waals surface area contributed by atoms with Gasteiger partial charge >= 0.3 is 12.4 Å². The molecule has 0 heterocycles. The topological polar surface area (TPSA) is 64.6 Å². The Kier molecular flexibility index (Phi) is 5.93. The van der Waals surface area contributed by atoms with Crippen LogP contribution in [0.25, 0.3) is 11.1 Å². The molecule has 0 aliphatic heterocycles. The molecule has 0 saturated carbocycles. The van der Waals surface area contributed by atoms with Crippen LogP contribution in [0, 0.1) is 0 Å². The van der Waals surface area contributed by atoms with Gasteiger partial charge in [0.25, 0.3) is 0 Å². The lowest BCUT2D eigenvalue weighted by Gasteiger charge is -2.28. The van der Waals surface area contributed by atoms with Crippen molar-refractivity contribution in [3.05, 3.63) is 90.0 Å². The Balaban J connectivity index is 1.68. The lowest BCUT2D eigenvalue weighted by molar-refractivity contribution is -0.157. The van der Waals surface area contributed by atoms with Crippen molar-refractivity contribution in [2.24, 2.45) is 0 Å². The fraction of sp³-hybridized carbons (Fsp3) is 0.231. The van der Waals surface area contributed by atoms with Gasteiger partial charge in [0.05, 0.1) is 5.60 Å². The number of urea groups is 1. The quantitative estimate of drug-likeness (QED) is 0.325. The molecule has 0 spiro atoms. The first-order valence-electron chi connectivity index (χ1n) is 10.6. The number of amides is 3. The van der Waals surface area contributed by atoms with Crippen LogP contribution in [0.1, 0.15) is 37.8 Å². The molecule has 3 amide bonds. The first-order chi connectivity index (χ1) is 15.4. The van der Waals surface area contributed by atoms with Gasteiger partial charge < -0.3 is 0 Å². The smallest absolute Gasteiger partial charge is 0.263 e. The molecule has 6 nitrogen and oxygen atoms in total.